The lowest BCUT2D eigenvalue weighted by molar-refractivity contribution is -0.757. The number of hydrogen-bond acceptors (Lipinski definition) is 11. The number of thioether (sulfide) groups is 2. The normalized spacial score (nSPS) is 19.1. The lowest BCUT2D eigenvalue weighted by Gasteiger charge is -2.29. The van der Waals surface area contributed by atoms with Crippen molar-refractivity contribution in [2.45, 2.75) is 88.9 Å². The van der Waals surface area contributed by atoms with Gasteiger partial charge in [0.1, 0.15) is 12.1 Å². The Morgan fingerprint density at radius 1 is 1.12 bits per heavy atom. The molecule has 1 aromatic carbocycles. The fraction of sp³-hybridized carbons (Fsp3) is 0.700. The number of amides is 1. The average Bonchev–Trinajstić information content (AvgIpc) is 3.63. The molecule has 1 spiro atoms. The van der Waals surface area contributed by atoms with Crippen molar-refractivity contribution in [2.75, 3.05) is 37.9 Å². The smallest absolute Gasteiger partial charge is 0.328 e. The number of hydrogen-bond donors (Lipinski definition) is 1. The molecule has 2 heterocycles. The summed E-state index contributed by atoms with van der Waals surface area (Å²) in [6, 6.07) is 8.07. The Bertz CT molecular complexity index is 1030. The van der Waals surface area contributed by atoms with Gasteiger partial charge in [-0.25, -0.2) is 4.79 Å². The van der Waals surface area contributed by atoms with Crippen molar-refractivity contribution in [1.82, 2.24) is 10.2 Å². The molecular formula is C30H47N3O8S2. The first-order chi connectivity index (χ1) is 20.6. The van der Waals surface area contributed by atoms with Gasteiger partial charge in [-0.3, -0.25) is 14.9 Å². The Morgan fingerprint density at radius 2 is 1.79 bits per heavy atom. The van der Waals surface area contributed by atoms with Crippen LogP contribution in [-0.4, -0.2) is 87.9 Å². The zero-order valence-electron chi connectivity index (χ0n) is 26.0. The molecule has 11 nitrogen and oxygen atoms in total. The van der Waals surface area contributed by atoms with Crippen molar-refractivity contribution < 1.29 is 33.8 Å². The first kappa shape index (κ1) is 36.7. The molecule has 43 heavy (non-hydrogen) atoms. The molecular weight excluding hydrogens is 594 g/mol. The van der Waals surface area contributed by atoms with Gasteiger partial charge in [0, 0.05) is 24.5 Å². The standard InChI is InChI=1S/C27H40N2O5S2.C3H7NO3/c1-5-19(3)17-34-26(32)23-16-27(35-14-15-36-27)18-29(23)24(30)20(4)28-22(25(31)33-6-2)13-12-21-10-8-7-9-11-21;1-2-3-7-4(5)6/h7-11,19-20,22-23,28H,5-6,12-18H2,1-4H3;2-3H2,1H3. The van der Waals surface area contributed by atoms with Crippen molar-refractivity contribution in [3.8, 4) is 0 Å². The predicted molar refractivity (Wildman–Crippen MR) is 169 cm³/mol. The first-order valence-electron chi connectivity index (χ1n) is 15.0. The van der Waals surface area contributed by atoms with Crippen LogP contribution in [0.2, 0.25) is 0 Å². The Kier molecular flexibility index (Phi) is 16.2. The number of esters is 2. The van der Waals surface area contributed by atoms with E-state index in [4.69, 9.17) is 9.47 Å². The van der Waals surface area contributed by atoms with E-state index < -0.39 is 23.2 Å². The molecule has 2 aliphatic rings. The van der Waals surface area contributed by atoms with Crippen LogP contribution in [0.5, 0.6) is 0 Å². The molecule has 4 unspecified atom stereocenters. The van der Waals surface area contributed by atoms with Crippen LogP contribution in [0.15, 0.2) is 30.3 Å². The van der Waals surface area contributed by atoms with E-state index >= 15 is 0 Å². The maximum atomic E-state index is 13.7. The van der Waals surface area contributed by atoms with E-state index in [-0.39, 0.29) is 41.1 Å². The summed E-state index contributed by atoms with van der Waals surface area (Å²) in [6.07, 6.45) is 3.39. The number of nitrogens with zero attached hydrogens (tertiary/aromatic N) is 2. The summed E-state index contributed by atoms with van der Waals surface area (Å²) in [7, 11) is 0. The van der Waals surface area contributed by atoms with Gasteiger partial charge in [-0.05, 0) is 44.6 Å². The molecule has 2 aliphatic heterocycles. The summed E-state index contributed by atoms with van der Waals surface area (Å²) in [5, 5.41) is 11.8. The van der Waals surface area contributed by atoms with E-state index in [0.29, 0.717) is 38.8 Å². The van der Waals surface area contributed by atoms with Gasteiger partial charge in [0.15, 0.2) is 0 Å². The number of carbonyl (C=O) groups is 3. The van der Waals surface area contributed by atoms with Crippen LogP contribution in [0.4, 0.5) is 0 Å². The molecule has 4 atom stereocenters. The van der Waals surface area contributed by atoms with Crippen LogP contribution in [0, 0.1) is 16.0 Å². The Balaban J connectivity index is 0.000000821. The second-order valence-electron chi connectivity index (χ2n) is 10.7. The summed E-state index contributed by atoms with van der Waals surface area (Å²) in [6.45, 7) is 10.8. The van der Waals surface area contributed by atoms with Gasteiger partial charge in [0.05, 0.1) is 29.9 Å². The summed E-state index contributed by atoms with van der Waals surface area (Å²) in [4.78, 5) is 54.4. The van der Waals surface area contributed by atoms with Gasteiger partial charge < -0.3 is 19.2 Å². The second-order valence-corrected chi connectivity index (χ2v) is 13.9. The first-order valence-corrected chi connectivity index (χ1v) is 17.0. The van der Waals surface area contributed by atoms with Crippen molar-refractivity contribution in [1.29, 1.82) is 0 Å². The number of likely N-dealkylation sites (tertiary alicyclic amines) is 1. The van der Waals surface area contributed by atoms with Gasteiger partial charge in [0.25, 0.3) is 5.09 Å². The van der Waals surface area contributed by atoms with E-state index in [1.54, 1.807) is 18.7 Å². The van der Waals surface area contributed by atoms with E-state index in [0.717, 1.165) is 23.5 Å². The molecule has 1 N–H and O–H groups in total. The number of aryl methyl sites for hydroxylation is 1. The lowest BCUT2D eigenvalue weighted by atomic mass is 10.0. The van der Waals surface area contributed by atoms with Crippen LogP contribution in [0.3, 0.4) is 0 Å². The third-order valence-corrected chi connectivity index (χ3v) is 10.7. The minimum absolute atomic E-state index is 0.163. The zero-order chi connectivity index (χ0) is 31.8. The van der Waals surface area contributed by atoms with E-state index in [1.165, 1.54) is 0 Å². The largest absolute Gasteiger partial charge is 0.465 e. The average molecular weight is 642 g/mol. The maximum absolute atomic E-state index is 13.7. The molecule has 1 amide bonds. The van der Waals surface area contributed by atoms with Crippen LogP contribution >= 0.6 is 23.5 Å². The number of benzene rings is 1. The molecule has 0 aliphatic carbocycles. The van der Waals surface area contributed by atoms with Crippen molar-refractivity contribution >= 4 is 41.4 Å². The highest BCUT2D eigenvalue weighted by molar-refractivity contribution is 8.21. The SMILES string of the molecule is CCCO[N+](=O)[O-].CCOC(=O)C(CCc1ccccc1)NC(C)C(=O)N1CC2(CC1C(=O)OCC(C)CC)SCCS2. The zero-order valence-corrected chi connectivity index (χ0v) is 27.6. The van der Waals surface area contributed by atoms with Crippen LogP contribution in [0.1, 0.15) is 65.9 Å². The highest BCUT2D eigenvalue weighted by Crippen LogP contribution is 2.52. The van der Waals surface area contributed by atoms with Crippen LogP contribution < -0.4 is 5.32 Å². The third-order valence-electron chi connectivity index (χ3n) is 7.23. The maximum Gasteiger partial charge on any atom is 0.328 e. The second kappa shape index (κ2) is 19.0. The van der Waals surface area contributed by atoms with Gasteiger partial charge in [-0.1, -0.05) is 57.5 Å². The summed E-state index contributed by atoms with van der Waals surface area (Å²) in [5.41, 5.74) is 1.12. The predicted octanol–water partition coefficient (Wildman–Crippen LogP) is 4.50. The van der Waals surface area contributed by atoms with E-state index in [9.17, 15) is 24.5 Å². The Labute approximate surface area is 263 Å². The van der Waals surface area contributed by atoms with Gasteiger partial charge in [-0.15, -0.1) is 33.6 Å². The fourth-order valence-electron chi connectivity index (χ4n) is 4.68. The van der Waals surface area contributed by atoms with Crippen LogP contribution in [0.25, 0.3) is 0 Å². The molecule has 3 rings (SSSR count). The van der Waals surface area contributed by atoms with Crippen molar-refractivity contribution in [3.05, 3.63) is 46.0 Å². The highest BCUT2D eigenvalue weighted by Gasteiger charge is 2.52. The van der Waals surface area contributed by atoms with Crippen molar-refractivity contribution in [3.63, 3.8) is 0 Å². The topological polar surface area (TPSA) is 137 Å². The molecule has 0 radical (unpaired) electrons. The molecule has 13 heteroatoms. The lowest BCUT2D eigenvalue weighted by Crippen LogP contribution is -2.53. The quantitative estimate of drug-likeness (QED) is 0.165. The summed E-state index contributed by atoms with van der Waals surface area (Å²) < 4.78 is 10.8. The minimum atomic E-state index is -0.788. The van der Waals surface area contributed by atoms with E-state index in [2.05, 4.69) is 17.1 Å². The molecule has 0 bridgehead atoms. The molecule has 2 saturated heterocycles. The summed E-state index contributed by atoms with van der Waals surface area (Å²) in [5.74, 6) is 1.43. The molecule has 0 saturated carbocycles. The Hall–Kier alpha value is -2.51. The van der Waals surface area contributed by atoms with Gasteiger partial charge in [-0.2, -0.15) is 0 Å². The number of carbonyl (C=O) groups excluding carboxylic acids is 3. The molecule has 0 aromatic heterocycles. The molecule has 2 fully saturated rings. The third kappa shape index (κ3) is 12.2. The molecule has 242 valence electrons. The number of ether oxygens (including phenoxy) is 2. The fourth-order valence-corrected chi connectivity index (χ4v) is 7.94. The minimum Gasteiger partial charge on any atom is -0.465 e. The van der Waals surface area contributed by atoms with Crippen molar-refractivity contribution in [2.24, 2.45) is 5.92 Å². The van der Waals surface area contributed by atoms with Crippen LogP contribution in [-0.2, 0) is 35.1 Å². The highest BCUT2D eigenvalue weighted by atomic mass is 32.2. The molecule has 1 aromatic rings. The number of nitrogens with one attached hydrogen (secondary N) is 1. The summed E-state index contributed by atoms with van der Waals surface area (Å²) >= 11 is 3.67. The van der Waals surface area contributed by atoms with Gasteiger partial charge in [0.2, 0.25) is 5.91 Å². The number of rotatable bonds is 15. The van der Waals surface area contributed by atoms with Gasteiger partial charge >= 0.3 is 11.9 Å². The Morgan fingerprint density at radius 3 is 2.35 bits per heavy atom. The van der Waals surface area contributed by atoms with E-state index in [1.807, 2.05) is 67.7 Å². The monoisotopic (exact) mass is 641 g/mol.